The van der Waals surface area contributed by atoms with Crippen molar-refractivity contribution in [3.05, 3.63) is 82.2 Å². The summed E-state index contributed by atoms with van der Waals surface area (Å²) in [5, 5.41) is 4.25. The molecule has 2 N–H and O–H groups in total. The van der Waals surface area contributed by atoms with Gasteiger partial charge in [-0.15, -0.1) is 0 Å². The highest BCUT2D eigenvalue weighted by Crippen LogP contribution is 2.29. The maximum absolute atomic E-state index is 14.6. The number of aromatic amines is 1. The van der Waals surface area contributed by atoms with Gasteiger partial charge in [0.25, 0.3) is 5.56 Å². The zero-order valence-corrected chi connectivity index (χ0v) is 19.2. The standard InChI is InChI=1S/C26H22FN5O4/c27-22-11-29-23(31-24(22)30-19-3-4-21-15(10-19)5-7-28-25(21)33)16-1-2-17-12-32(13-18(17)9-16)26(34)36-20-6-8-35-14-20/h1-5,7,9-11,20H,6,8,12-14H2,(H,28,33)(H,29,30,31). The fourth-order valence-corrected chi connectivity index (χ4v) is 4.49. The number of rotatable bonds is 4. The first kappa shape index (κ1) is 22.2. The molecule has 1 amide bonds. The van der Waals surface area contributed by atoms with E-state index in [9.17, 15) is 14.0 Å². The first-order valence-corrected chi connectivity index (χ1v) is 11.6. The Bertz CT molecular complexity index is 1530. The van der Waals surface area contributed by atoms with Gasteiger partial charge in [0.2, 0.25) is 0 Å². The molecule has 0 bridgehead atoms. The molecule has 2 aromatic carbocycles. The van der Waals surface area contributed by atoms with Gasteiger partial charge >= 0.3 is 6.09 Å². The fourth-order valence-electron chi connectivity index (χ4n) is 4.49. The Balaban J connectivity index is 1.21. The predicted molar refractivity (Wildman–Crippen MR) is 130 cm³/mol. The summed E-state index contributed by atoms with van der Waals surface area (Å²) in [7, 11) is 0. The number of hydrogen-bond acceptors (Lipinski definition) is 7. The van der Waals surface area contributed by atoms with Crippen molar-refractivity contribution >= 4 is 28.4 Å². The second kappa shape index (κ2) is 9.04. The van der Waals surface area contributed by atoms with Crippen molar-refractivity contribution in [2.24, 2.45) is 0 Å². The monoisotopic (exact) mass is 487 g/mol. The molecule has 0 saturated carbocycles. The zero-order valence-electron chi connectivity index (χ0n) is 19.2. The molecular weight excluding hydrogens is 465 g/mol. The van der Waals surface area contributed by atoms with Crippen LogP contribution >= 0.6 is 0 Å². The van der Waals surface area contributed by atoms with E-state index in [1.807, 2.05) is 18.2 Å². The number of anilines is 2. The molecule has 10 heteroatoms. The Hall–Kier alpha value is -4.31. The van der Waals surface area contributed by atoms with Gasteiger partial charge in [0.1, 0.15) is 6.10 Å². The minimum absolute atomic E-state index is 0.0219. The molecule has 182 valence electrons. The SMILES string of the molecule is O=C(OC1CCOC1)N1Cc2ccc(-c3ncc(F)c(Nc4ccc5c(=O)[nH]ccc5c4)n3)cc2C1. The lowest BCUT2D eigenvalue weighted by Crippen LogP contribution is -2.30. The molecule has 1 fully saturated rings. The van der Waals surface area contributed by atoms with Crippen molar-refractivity contribution in [1.82, 2.24) is 19.9 Å². The van der Waals surface area contributed by atoms with Crippen molar-refractivity contribution in [1.29, 1.82) is 0 Å². The Morgan fingerprint density at radius 2 is 2.06 bits per heavy atom. The molecule has 0 radical (unpaired) electrons. The van der Waals surface area contributed by atoms with Crippen molar-refractivity contribution in [3.63, 3.8) is 0 Å². The number of nitrogens with one attached hydrogen (secondary N) is 2. The molecule has 4 aromatic rings. The van der Waals surface area contributed by atoms with Crippen LogP contribution in [0.1, 0.15) is 17.5 Å². The molecule has 1 atom stereocenters. The fraction of sp³-hybridized carbons (Fsp3) is 0.231. The molecule has 6 rings (SSSR count). The number of H-pyrrole nitrogens is 1. The molecule has 4 heterocycles. The quantitative estimate of drug-likeness (QED) is 0.446. The lowest BCUT2D eigenvalue weighted by atomic mass is 10.1. The summed E-state index contributed by atoms with van der Waals surface area (Å²) < 4.78 is 25.4. The molecular formula is C26H22FN5O4. The summed E-state index contributed by atoms with van der Waals surface area (Å²) in [6, 6.07) is 12.6. The van der Waals surface area contributed by atoms with Gasteiger partial charge in [0.05, 0.1) is 19.4 Å². The van der Waals surface area contributed by atoms with Gasteiger partial charge in [-0.3, -0.25) is 9.69 Å². The van der Waals surface area contributed by atoms with Gasteiger partial charge in [-0.05, 0) is 46.8 Å². The summed E-state index contributed by atoms with van der Waals surface area (Å²) in [6.07, 6.45) is 2.85. The van der Waals surface area contributed by atoms with E-state index in [0.29, 0.717) is 55.2 Å². The first-order chi connectivity index (χ1) is 17.5. The van der Waals surface area contributed by atoms with Gasteiger partial charge in [-0.2, -0.15) is 0 Å². The maximum atomic E-state index is 14.6. The number of nitrogens with zero attached hydrogens (tertiary/aromatic N) is 3. The van der Waals surface area contributed by atoms with Crippen LogP contribution in [0.3, 0.4) is 0 Å². The van der Waals surface area contributed by atoms with Crippen molar-refractivity contribution in [2.75, 3.05) is 18.5 Å². The Morgan fingerprint density at radius 3 is 2.92 bits per heavy atom. The number of amides is 1. The molecule has 36 heavy (non-hydrogen) atoms. The maximum Gasteiger partial charge on any atom is 0.410 e. The molecule has 9 nitrogen and oxygen atoms in total. The minimum atomic E-state index is -0.601. The Morgan fingerprint density at radius 1 is 1.17 bits per heavy atom. The average Bonchev–Trinajstić information content (AvgIpc) is 3.55. The van der Waals surface area contributed by atoms with E-state index in [0.717, 1.165) is 22.7 Å². The second-order valence-corrected chi connectivity index (χ2v) is 8.83. The van der Waals surface area contributed by atoms with Crippen LogP contribution in [-0.4, -0.2) is 45.3 Å². The molecule has 0 spiro atoms. The van der Waals surface area contributed by atoms with E-state index in [-0.39, 0.29) is 23.6 Å². The van der Waals surface area contributed by atoms with Crippen molar-refractivity contribution < 1.29 is 18.7 Å². The average molecular weight is 487 g/mol. The van der Waals surface area contributed by atoms with Crippen LogP contribution in [0.2, 0.25) is 0 Å². The molecule has 2 aliphatic rings. The molecule has 2 aromatic heterocycles. The van der Waals surface area contributed by atoms with Gasteiger partial charge in [0.15, 0.2) is 17.5 Å². The zero-order chi connectivity index (χ0) is 24.6. The van der Waals surface area contributed by atoms with Gasteiger partial charge < -0.3 is 19.8 Å². The van der Waals surface area contributed by atoms with Gasteiger partial charge in [-0.25, -0.2) is 19.2 Å². The number of aromatic nitrogens is 3. The number of halogens is 1. The highest BCUT2D eigenvalue weighted by atomic mass is 19.1. The summed E-state index contributed by atoms with van der Waals surface area (Å²) in [5.41, 5.74) is 3.10. The molecule has 1 saturated heterocycles. The highest BCUT2D eigenvalue weighted by Gasteiger charge is 2.28. The van der Waals surface area contributed by atoms with Crippen LogP contribution in [0.4, 0.5) is 20.7 Å². The van der Waals surface area contributed by atoms with E-state index in [1.54, 1.807) is 35.4 Å². The normalized spacial score (nSPS) is 16.8. The largest absolute Gasteiger partial charge is 0.444 e. The number of ether oxygens (including phenoxy) is 2. The number of hydrogen-bond donors (Lipinski definition) is 2. The summed E-state index contributed by atoms with van der Waals surface area (Å²) in [4.78, 5) is 37.3. The van der Waals surface area contributed by atoms with Crippen LogP contribution in [0, 0.1) is 5.82 Å². The van der Waals surface area contributed by atoms with E-state index in [4.69, 9.17) is 9.47 Å². The third-order valence-electron chi connectivity index (χ3n) is 6.38. The number of carbonyl (C=O) groups is 1. The summed E-state index contributed by atoms with van der Waals surface area (Å²) in [5.74, 6) is -0.229. The minimum Gasteiger partial charge on any atom is -0.444 e. The first-order valence-electron chi connectivity index (χ1n) is 11.6. The molecule has 0 aliphatic carbocycles. The van der Waals surface area contributed by atoms with E-state index >= 15 is 0 Å². The Labute approximate surface area is 204 Å². The number of pyridine rings is 1. The summed E-state index contributed by atoms with van der Waals surface area (Å²) in [6.45, 7) is 1.92. The van der Waals surface area contributed by atoms with Gasteiger partial charge in [-0.1, -0.05) is 12.1 Å². The number of benzene rings is 2. The molecule has 1 unspecified atom stereocenters. The van der Waals surface area contributed by atoms with Crippen LogP contribution in [0.5, 0.6) is 0 Å². The van der Waals surface area contributed by atoms with E-state index in [1.165, 1.54) is 0 Å². The highest BCUT2D eigenvalue weighted by molar-refractivity contribution is 5.85. The second-order valence-electron chi connectivity index (χ2n) is 8.83. The third-order valence-corrected chi connectivity index (χ3v) is 6.38. The van der Waals surface area contributed by atoms with E-state index < -0.39 is 5.82 Å². The van der Waals surface area contributed by atoms with Gasteiger partial charge in [0, 0.05) is 42.3 Å². The third kappa shape index (κ3) is 4.27. The number of fused-ring (bicyclic) bond motifs is 2. The predicted octanol–water partition coefficient (Wildman–Crippen LogP) is 4.11. The number of carbonyl (C=O) groups excluding carboxylic acids is 1. The Kier molecular flexibility index (Phi) is 5.57. The van der Waals surface area contributed by atoms with Crippen LogP contribution < -0.4 is 10.9 Å². The topological polar surface area (TPSA) is 109 Å². The van der Waals surface area contributed by atoms with Crippen molar-refractivity contribution in [3.8, 4) is 11.4 Å². The summed E-state index contributed by atoms with van der Waals surface area (Å²) >= 11 is 0. The lowest BCUT2D eigenvalue weighted by molar-refractivity contribution is 0.0538. The van der Waals surface area contributed by atoms with Crippen LogP contribution in [0.15, 0.2) is 59.7 Å². The lowest BCUT2D eigenvalue weighted by Gasteiger charge is -2.18. The molecule has 2 aliphatic heterocycles. The van der Waals surface area contributed by atoms with E-state index in [2.05, 4.69) is 20.3 Å². The van der Waals surface area contributed by atoms with Crippen LogP contribution in [-0.2, 0) is 22.6 Å². The smallest absolute Gasteiger partial charge is 0.410 e. The van der Waals surface area contributed by atoms with Crippen molar-refractivity contribution in [2.45, 2.75) is 25.6 Å². The van der Waals surface area contributed by atoms with Crippen LogP contribution in [0.25, 0.3) is 22.2 Å².